The molecule has 2 aromatic carbocycles. The lowest BCUT2D eigenvalue weighted by molar-refractivity contribution is -0.128. The van der Waals surface area contributed by atoms with Crippen molar-refractivity contribution in [2.24, 2.45) is 0 Å². The number of rotatable bonds is 6. The lowest BCUT2D eigenvalue weighted by Crippen LogP contribution is -2.38. The summed E-state index contributed by atoms with van der Waals surface area (Å²) in [5, 5.41) is 9.31. The quantitative estimate of drug-likeness (QED) is 0.546. The summed E-state index contributed by atoms with van der Waals surface area (Å²) in [5.74, 6) is 0.925. The number of sulfone groups is 1. The van der Waals surface area contributed by atoms with E-state index < -0.39 is 9.84 Å². The summed E-state index contributed by atoms with van der Waals surface area (Å²) in [7, 11) is -1.37. The summed E-state index contributed by atoms with van der Waals surface area (Å²) in [4.78, 5) is 14.2. The molecule has 3 aromatic rings. The van der Waals surface area contributed by atoms with E-state index in [4.69, 9.17) is 0 Å². The van der Waals surface area contributed by atoms with E-state index >= 15 is 0 Å². The van der Waals surface area contributed by atoms with Crippen molar-refractivity contribution < 1.29 is 13.2 Å². The van der Waals surface area contributed by atoms with E-state index in [0.29, 0.717) is 17.4 Å². The van der Waals surface area contributed by atoms with Gasteiger partial charge in [-0.1, -0.05) is 60.3 Å². The van der Waals surface area contributed by atoms with Crippen molar-refractivity contribution in [3.8, 4) is 17.1 Å². The van der Waals surface area contributed by atoms with Gasteiger partial charge in [0.1, 0.15) is 0 Å². The third-order valence-corrected chi connectivity index (χ3v) is 7.82. The van der Waals surface area contributed by atoms with E-state index in [-0.39, 0.29) is 29.2 Å². The molecule has 0 spiro atoms. The fraction of sp³-hybridized carbons (Fsp3) is 0.286. The highest BCUT2D eigenvalue weighted by molar-refractivity contribution is 7.99. The molecular weight excluding hydrogens is 420 g/mol. The molecule has 0 saturated carbocycles. The standard InChI is InChI=1S/C21H22N4O3S2/c1-24(18-12-13-30(27,28)15-18)19(26)14-29-21-23-22-20(16-8-4-2-5-9-16)25(21)17-10-6-3-7-11-17/h2-11,18H,12-15H2,1H3. The average Bonchev–Trinajstić information content (AvgIpc) is 3.35. The molecule has 0 bridgehead atoms. The first-order valence-electron chi connectivity index (χ1n) is 9.60. The van der Waals surface area contributed by atoms with Crippen LogP contribution in [-0.2, 0) is 14.6 Å². The number of carbonyl (C=O) groups is 1. The second kappa shape index (κ2) is 8.61. The Bertz CT molecular complexity index is 1130. The van der Waals surface area contributed by atoms with Gasteiger partial charge in [-0.3, -0.25) is 9.36 Å². The van der Waals surface area contributed by atoms with Crippen LogP contribution < -0.4 is 0 Å². The zero-order valence-electron chi connectivity index (χ0n) is 16.5. The largest absolute Gasteiger partial charge is 0.341 e. The summed E-state index contributed by atoms with van der Waals surface area (Å²) >= 11 is 1.30. The van der Waals surface area contributed by atoms with E-state index in [1.54, 1.807) is 11.9 Å². The Labute approximate surface area is 180 Å². The number of benzene rings is 2. The van der Waals surface area contributed by atoms with Crippen LogP contribution in [0, 0.1) is 0 Å². The Morgan fingerprint density at radius 2 is 1.77 bits per heavy atom. The number of hydrogen-bond donors (Lipinski definition) is 0. The molecule has 0 radical (unpaired) electrons. The summed E-state index contributed by atoms with van der Waals surface area (Å²) in [6.45, 7) is 0. The van der Waals surface area contributed by atoms with E-state index in [2.05, 4.69) is 10.2 Å². The van der Waals surface area contributed by atoms with Crippen LogP contribution in [-0.4, -0.2) is 64.3 Å². The molecule has 1 saturated heterocycles. The Hall–Kier alpha value is -2.65. The fourth-order valence-corrected chi connectivity index (χ4v) is 6.11. The number of carbonyl (C=O) groups excluding carboxylic acids is 1. The van der Waals surface area contributed by atoms with Crippen LogP contribution in [0.3, 0.4) is 0 Å². The normalized spacial score (nSPS) is 17.7. The minimum Gasteiger partial charge on any atom is -0.341 e. The van der Waals surface area contributed by atoms with Gasteiger partial charge in [0, 0.05) is 24.3 Å². The van der Waals surface area contributed by atoms with Gasteiger partial charge in [-0.25, -0.2) is 8.42 Å². The highest BCUT2D eigenvalue weighted by Crippen LogP contribution is 2.28. The molecule has 1 amide bonds. The van der Waals surface area contributed by atoms with Crippen LogP contribution in [0.5, 0.6) is 0 Å². The molecule has 7 nitrogen and oxygen atoms in total. The Kier molecular flexibility index (Phi) is 5.92. The van der Waals surface area contributed by atoms with Crippen molar-refractivity contribution in [2.45, 2.75) is 17.6 Å². The number of para-hydroxylation sites is 1. The molecule has 0 N–H and O–H groups in total. The van der Waals surface area contributed by atoms with Gasteiger partial charge in [0.25, 0.3) is 0 Å². The van der Waals surface area contributed by atoms with Gasteiger partial charge in [-0.2, -0.15) is 0 Å². The van der Waals surface area contributed by atoms with E-state index in [0.717, 1.165) is 11.3 Å². The highest BCUT2D eigenvalue weighted by atomic mass is 32.2. The molecule has 0 aliphatic carbocycles. The second-order valence-electron chi connectivity index (χ2n) is 7.19. The number of thioether (sulfide) groups is 1. The van der Waals surface area contributed by atoms with Crippen molar-refractivity contribution in [3.05, 3.63) is 60.7 Å². The van der Waals surface area contributed by atoms with Crippen LogP contribution in [0.15, 0.2) is 65.8 Å². The third-order valence-electron chi connectivity index (χ3n) is 5.15. The van der Waals surface area contributed by atoms with Crippen molar-refractivity contribution in [3.63, 3.8) is 0 Å². The lowest BCUT2D eigenvalue weighted by Gasteiger charge is -2.23. The minimum atomic E-state index is -3.04. The molecule has 1 aliphatic heterocycles. The van der Waals surface area contributed by atoms with Crippen LogP contribution in [0.25, 0.3) is 17.1 Å². The smallest absolute Gasteiger partial charge is 0.233 e. The van der Waals surface area contributed by atoms with E-state index in [9.17, 15) is 13.2 Å². The van der Waals surface area contributed by atoms with Crippen LogP contribution in [0.1, 0.15) is 6.42 Å². The lowest BCUT2D eigenvalue weighted by atomic mass is 10.2. The maximum absolute atomic E-state index is 12.7. The van der Waals surface area contributed by atoms with Crippen LogP contribution in [0.2, 0.25) is 0 Å². The monoisotopic (exact) mass is 442 g/mol. The number of hydrogen-bond acceptors (Lipinski definition) is 6. The van der Waals surface area contributed by atoms with Crippen LogP contribution in [0.4, 0.5) is 0 Å². The molecule has 156 valence electrons. The molecular formula is C21H22N4O3S2. The first kappa shape index (κ1) is 20.6. The van der Waals surface area contributed by atoms with Gasteiger partial charge < -0.3 is 4.90 Å². The van der Waals surface area contributed by atoms with Gasteiger partial charge in [0.05, 0.1) is 17.3 Å². The van der Waals surface area contributed by atoms with E-state index in [1.807, 2.05) is 65.2 Å². The Morgan fingerprint density at radius 1 is 1.10 bits per heavy atom. The number of aromatic nitrogens is 3. The minimum absolute atomic E-state index is 0.0399. The Morgan fingerprint density at radius 3 is 2.40 bits per heavy atom. The first-order chi connectivity index (χ1) is 14.4. The van der Waals surface area contributed by atoms with Crippen molar-refractivity contribution >= 4 is 27.5 Å². The predicted molar refractivity (Wildman–Crippen MR) is 117 cm³/mol. The van der Waals surface area contributed by atoms with Crippen molar-refractivity contribution in [1.82, 2.24) is 19.7 Å². The summed E-state index contributed by atoms with van der Waals surface area (Å²) in [6, 6.07) is 19.3. The molecule has 1 unspecified atom stereocenters. The zero-order chi connectivity index (χ0) is 21.1. The third kappa shape index (κ3) is 4.41. The summed E-state index contributed by atoms with van der Waals surface area (Å²) < 4.78 is 25.4. The molecule has 9 heteroatoms. The predicted octanol–water partition coefficient (Wildman–Crippen LogP) is 2.67. The Balaban J connectivity index is 1.56. The van der Waals surface area contributed by atoms with Gasteiger partial charge >= 0.3 is 0 Å². The topological polar surface area (TPSA) is 85.2 Å². The van der Waals surface area contributed by atoms with Crippen molar-refractivity contribution in [2.75, 3.05) is 24.3 Å². The van der Waals surface area contributed by atoms with Crippen LogP contribution >= 0.6 is 11.8 Å². The molecule has 1 aliphatic rings. The molecule has 1 aromatic heterocycles. The molecule has 1 atom stereocenters. The number of amides is 1. The van der Waals surface area contributed by atoms with Crippen molar-refractivity contribution in [1.29, 1.82) is 0 Å². The maximum atomic E-state index is 12.7. The van der Waals surface area contributed by atoms with Gasteiger partial charge in [-0.15, -0.1) is 10.2 Å². The van der Waals surface area contributed by atoms with Gasteiger partial charge in [-0.05, 0) is 18.6 Å². The SMILES string of the molecule is CN(C(=O)CSc1nnc(-c2ccccc2)n1-c1ccccc1)C1CCS(=O)(=O)C1. The average molecular weight is 443 g/mol. The van der Waals surface area contributed by atoms with Gasteiger partial charge in [0.2, 0.25) is 5.91 Å². The first-order valence-corrected chi connectivity index (χ1v) is 12.4. The molecule has 4 rings (SSSR count). The zero-order valence-corrected chi connectivity index (χ0v) is 18.1. The molecule has 1 fully saturated rings. The number of nitrogens with zero attached hydrogens (tertiary/aromatic N) is 4. The fourth-order valence-electron chi connectivity index (χ4n) is 3.46. The molecule has 30 heavy (non-hydrogen) atoms. The summed E-state index contributed by atoms with van der Waals surface area (Å²) in [5.41, 5.74) is 1.84. The highest BCUT2D eigenvalue weighted by Gasteiger charge is 2.32. The maximum Gasteiger partial charge on any atom is 0.233 e. The molecule has 2 heterocycles. The van der Waals surface area contributed by atoms with E-state index in [1.165, 1.54) is 11.8 Å². The van der Waals surface area contributed by atoms with Gasteiger partial charge in [0.15, 0.2) is 20.8 Å². The second-order valence-corrected chi connectivity index (χ2v) is 10.4. The summed E-state index contributed by atoms with van der Waals surface area (Å²) in [6.07, 6.45) is 0.494.